The summed E-state index contributed by atoms with van der Waals surface area (Å²) in [7, 11) is 0. The van der Waals surface area contributed by atoms with Crippen molar-refractivity contribution in [1.82, 2.24) is 4.98 Å². The average molecular weight is 505 g/mol. The first-order chi connectivity index (χ1) is 17.5. The van der Waals surface area contributed by atoms with Crippen LogP contribution in [0.5, 0.6) is 5.75 Å². The van der Waals surface area contributed by atoms with Crippen LogP contribution < -0.4 is 11.1 Å². The van der Waals surface area contributed by atoms with Gasteiger partial charge < -0.3 is 31.5 Å². The number of aromatic nitrogens is 1. The van der Waals surface area contributed by atoms with Crippen molar-refractivity contribution in [3.05, 3.63) is 58.5 Å². The fraction of sp³-hybridized carbons (Fsp3) is 0.269. The number of aliphatic hydroxyl groups is 3. The van der Waals surface area contributed by atoms with E-state index >= 15 is 0 Å². The molecule has 11 nitrogen and oxygen atoms in total. The van der Waals surface area contributed by atoms with Crippen LogP contribution in [0.2, 0.25) is 0 Å². The van der Waals surface area contributed by atoms with Gasteiger partial charge in [0.15, 0.2) is 11.4 Å². The molecule has 1 aromatic carbocycles. The third-order valence-corrected chi connectivity index (χ3v) is 7.32. The number of benzene rings is 1. The maximum absolute atomic E-state index is 13.7. The second-order valence-electron chi connectivity index (χ2n) is 9.48. The van der Waals surface area contributed by atoms with E-state index < -0.39 is 70.1 Å². The summed E-state index contributed by atoms with van der Waals surface area (Å²) in [6.07, 6.45) is 1.29. The molecule has 0 radical (unpaired) electrons. The molecule has 3 unspecified atom stereocenters. The highest BCUT2D eigenvalue weighted by Crippen LogP contribution is 2.54. The van der Waals surface area contributed by atoms with E-state index in [0.29, 0.717) is 16.8 Å². The number of phenols is 1. The lowest BCUT2D eigenvalue weighted by atomic mass is 9.59. The molecule has 5 rings (SSSR count). The molecule has 1 saturated carbocycles. The number of hydrogen-bond acceptors (Lipinski definition) is 9. The summed E-state index contributed by atoms with van der Waals surface area (Å²) in [6.45, 7) is 1.24. The summed E-state index contributed by atoms with van der Waals surface area (Å²) in [4.78, 5) is 54.1. The SMILES string of the molecule is CC(=O)Nc1cc(-c2ccccn2)c2c(c1O)C(O)=C1C(=O)C3(O)C(O)=C(C(N)=O)C(=O)CC3CC1C2. The summed E-state index contributed by atoms with van der Waals surface area (Å²) in [5, 5.41) is 46.9. The minimum atomic E-state index is -2.65. The zero-order valence-corrected chi connectivity index (χ0v) is 19.6. The van der Waals surface area contributed by atoms with Crippen molar-refractivity contribution in [3.8, 4) is 17.0 Å². The number of aromatic hydroxyl groups is 1. The zero-order valence-electron chi connectivity index (χ0n) is 19.6. The number of carbonyl (C=O) groups excluding carboxylic acids is 4. The Morgan fingerprint density at radius 1 is 1.16 bits per heavy atom. The maximum Gasteiger partial charge on any atom is 0.255 e. The lowest BCUT2D eigenvalue weighted by Gasteiger charge is -2.46. The largest absolute Gasteiger partial charge is 0.508 e. The summed E-state index contributed by atoms with van der Waals surface area (Å²) >= 11 is 0. The third-order valence-electron chi connectivity index (χ3n) is 7.32. The van der Waals surface area contributed by atoms with Gasteiger partial charge in [0.2, 0.25) is 11.7 Å². The number of nitrogens with two attached hydrogens (primary N) is 1. The highest BCUT2D eigenvalue weighted by atomic mass is 16.3. The molecule has 2 aromatic rings. The van der Waals surface area contributed by atoms with E-state index in [1.807, 2.05) is 0 Å². The number of pyridine rings is 1. The Morgan fingerprint density at radius 3 is 2.51 bits per heavy atom. The van der Waals surface area contributed by atoms with Crippen molar-refractivity contribution in [3.63, 3.8) is 0 Å². The first-order valence-electron chi connectivity index (χ1n) is 11.5. The van der Waals surface area contributed by atoms with Crippen LogP contribution in [0, 0.1) is 11.8 Å². The van der Waals surface area contributed by atoms with Crippen LogP contribution in [-0.2, 0) is 25.6 Å². The predicted molar refractivity (Wildman–Crippen MR) is 129 cm³/mol. The number of phenolic OH excluding ortho intramolecular Hbond substituents is 1. The summed E-state index contributed by atoms with van der Waals surface area (Å²) in [6, 6.07) is 6.68. The van der Waals surface area contributed by atoms with E-state index in [-0.39, 0.29) is 29.7 Å². The summed E-state index contributed by atoms with van der Waals surface area (Å²) < 4.78 is 0. The second-order valence-corrected chi connectivity index (χ2v) is 9.48. The Hall–Kier alpha value is -4.51. The molecular formula is C26H23N3O8. The molecule has 190 valence electrons. The van der Waals surface area contributed by atoms with Gasteiger partial charge in [0, 0.05) is 36.6 Å². The van der Waals surface area contributed by atoms with E-state index in [1.165, 1.54) is 13.0 Å². The van der Waals surface area contributed by atoms with Gasteiger partial charge in [0.25, 0.3) is 5.91 Å². The quantitative estimate of drug-likeness (QED) is 0.264. The normalized spacial score (nSPS) is 24.8. The number of aliphatic hydroxyl groups excluding tert-OH is 2. The van der Waals surface area contributed by atoms with Crippen molar-refractivity contribution in [2.24, 2.45) is 17.6 Å². The molecule has 3 atom stereocenters. The Bertz CT molecular complexity index is 1480. The molecule has 0 bridgehead atoms. The number of ketones is 2. The first kappa shape index (κ1) is 24.2. The van der Waals surface area contributed by atoms with Crippen LogP contribution >= 0.6 is 0 Å². The highest BCUT2D eigenvalue weighted by molar-refractivity contribution is 6.22. The number of anilines is 1. The minimum Gasteiger partial charge on any atom is -0.508 e. The molecule has 37 heavy (non-hydrogen) atoms. The molecule has 1 aromatic heterocycles. The van der Waals surface area contributed by atoms with Crippen molar-refractivity contribution in [2.75, 3.05) is 5.32 Å². The molecule has 7 N–H and O–H groups in total. The van der Waals surface area contributed by atoms with Gasteiger partial charge >= 0.3 is 0 Å². The molecule has 11 heteroatoms. The van der Waals surface area contributed by atoms with Crippen molar-refractivity contribution in [1.29, 1.82) is 0 Å². The summed E-state index contributed by atoms with van der Waals surface area (Å²) in [5.74, 6) is -7.68. The number of rotatable bonds is 3. The van der Waals surface area contributed by atoms with Crippen LogP contribution in [0.1, 0.15) is 30.9 Å². The molecule has 0 spiro atoms. The van der Waals surface area contributed by atoms with Gasteiger partial charge in [0.05, 0.1) is 16.9 Å². The first-order valence-corrected chi connectivity index (χ1v) is 11.5. The average Bonchev–Trinajstić information content (AvgIpc) is 2.83. The molecular weight excluding hydrogens is 482 g/mol. The van der Waals surface area contributed by atoms with Crippen LogP contribution in [0.25, 0.3) is 17.0 Å². The van der Waals surface area contributed by atoms with Gasteiger partial charge in [-0.05, 0) is 42.5 Å². The Morgan fingerprint density at radius 2 is 1.89 bits per heavy atom. The number of primary amides is 1. The second kappa shape index (κ2) is 8.27. The fourth-order valence-electron chi connectivity index (χ4n) is 5.72. The topological polar surface area (TPSA) is 200 Å². The molecule has 2 amide bonds. The predicted octanol–water partition coefficient (Wildman–Crippen LogP) is 1.44. The van der Waals surface area contributed by atoms with Gasteiger partial charge in [-0.15, -0.1) is 0 Å². The van der Waals surface area contributed by atoms with E-state index in [2.05, 4.69) is 10.3 Å². The number of nitrogens with zero attached hydrogens (tertiary/aromatic N) is 1. The monoisotopic (exact) mass is 505 g/mol. The smallest absolute Gasteiger partial charge is 0.255 e. The number of nitrogens with one attached hydrogen (secondary N) is 1. The highest BCUT2D eigenvalue weighted by Gasteiger charge is 2.60. The van der Waals surface area contributed by atoms with E-state index in [0.717, 1.165) is 0 Å². The van der Waals surface area contributed by atoms with Gasteiger partial charge in [-0.2, -0.15) is 0 Å². The Labute approximate surface area is 209 Å². The lowest BCUT2D eigenvalue weighted by Crippen LogP contribution is -2.58. The summed E-state index contributed by atoms with van der Waals surface area (Å²) in [5.41, 5.74) is 2.72. The van der Waals surface area contributed by atoms with Crippen LogP contribution in [0.4, 0.5) is 5.69 Å². The Kier molecular flexibility index (Phi) is 5.41. The van der Waals surface area contributed by atoms with E-state index in [4.69, 9.17) is 5.73 Å². The molecule has 3 aliphatic carbocycles. The van der Waals surface area contributed by atoms with Gasteiger partial charge in [-0.1, -0.05) is 6.07 Å². The number of amides is 2. The van der Waals surface area contributed by atoms with Crippen molar-refractivity contribution in [2.45, 2.75) is 31.8 Å². The Balaban J connectivity index is 1.76. The standard InChI is InChI=1S/C26H23N3O8/c1-10(30)29-16-9-13(15-4-2-3-5-28-15)14-7-11-6-12-8-17(31)20(25(27)36)24(35)26(12,37)23(34)18(11)22(33)19(14)21(16)32/h2-5,9,11-12,32-33,35,37H,6-8H2,1H3,(H2,27,36)(H,29,30). The number of hydrogen-bond donors (Lipinski definition) is 6. The molecule has 1 fully saturated rings. The number of carbonyl (C=O) groups is 4. The molecule has 0 saturated heterocycles. The number of fused-ring (bicyclic) bond motifs is 3. The lowest BCUT2D eigenvalue weighted by molar-refractivity contribution is -0.147. The molecule has 1 heterocycles. The fourth-order valence-corrected chi connectivity index (χ4v) is 5.72. The van der Waals surface area contributed by atoms with Gasteiger partial charge in [-0.3, -0.25) is 24.2 Å². The van der Waals surface area contributed by atoms with Crippen LogP contribution in [0.15, 0.2) is 47.4 Å². The van der Waals surface area contributed by atoms with Crippen LogP contribution in [-0.4, -0.2) is 54.4 Å². The van der Waals surface area contributed by atoms with E-state index in [9.17, 15) is 39.6 Å². The zero-order chi connectivity index (χ0) is 26.8. The van der Waals surface area contributed by atoms with E-state index in [1.54, 1.807) is 24.4 Å². The molecule has 0 aliphatic heterocycles. The molecule has 3 aliphatic rings. The van der Waals surface area contributed by atoms with Crippen LogP contribution in [0.3, 0.4) is 0 Å². The van der Waals surface area contributed by atoms with Gasteiger partial charge in [-0.25, -0.2) is 0 Å². The van der Waals surface area contributed by atoms with Crippen molar-refractivity contribution >= 4 is 34.8 Å². The maximum atomic E-state index is 13.7. The minimum absolute atomic E-state index is 0.0127. The third kappa shape index (κ3) is 3.42. The van der Waals surface area contributed by atoms with Crippen molar-refractivity contribution < 1.29 is 39.6 Å². The van der Waals surface area contributed by atoms with Gasteiger partial charge in [0.1, 0.15) is 22.8 Å². The number of Topliss-reactive ketones (excluding diaryl/α,β-unsaturated/α-hetero) is 2.